The minimum absolute atomic E-state index is 0.223. The Bertz CT molecular complexity index is 987. The van der Waals surface area contributed by atoms with Crippen LogP contribution < -0.4 is 10.2 Å². The summed E-state index contributed by atoms with van der Waals surface area (Å²) in [5, 5.41) is 11.1. The van der Waals surface area contributed by atoms with Crippen molar-refractivity contribution in [3.05, 3.63) is 60.4 Å². The SMILES string of the molecule is O=C(Nc1ccc(C(F)(F)F)cc1)C1CCCN(c2ccc(-c3ccco3)nn2)C1. The number of piperidine rings is 1. The fourth-order valence-corrected chi connectivity index (χ4v) is 3.44. The molecule has 4 rings (SSSR count). The molecule has 1 saturated heterocycles. The van der Waals surface area contributed by atoms with Gasteiger partial charge in [-0.05, 0) is 61.4 Å². The monoisotopic (exact) mass is 416 g/mol. The van der Waals surface area contributed by atoms with Crippen molar-refractivity contribution in [3.8, 4) is 11.5 Å². The van der Waals surface area contributed by atoms with Crippen LogP contribution in [0.5, 0.6) is 0 Å². The van der Waals surface area contributed by atoms with Gasteiger partial charge in [0.05, 0.1) is 17.7 Å². The number of nitrogens with zero attached hydrogens (tertiary/aromatic N) is 3. The molecule has 1 fully saturated rings. The van der Waals surface area contributed by atoms with E-state index in [-0.39, 0.29) is 11.8 Å². The van der Waals surface area contributed by atoms with E-state index in [1.165, 1.54) is 12.1 Å². The van der Waals surface area contributed by atoms with Gasteiger partial charge in [-0.15, -0.1) is 10.2 Å². The minimum atomic E-state index is -4.40. The highest BCUT2D eigenvalue weighted by Crippen LogP contribution is 2.30. The molecule has 0 bridgehead atoms. The zero-order chi connectivity index (χ0) is 21.1. The van der Waals surface area contributed by atoms with Crippen molar-refractivity contribution in [1.29, 1.82) is 0 Å². The maximum Gasteiger partial charge on any atom is 0.416 e. The lowest BCUT2D eigenvalue weighted by atomic mass is 9.97. The second-order valence-corrected chi connectivity index (χ2v) is 7.10. The molecule has 3 aromatic rings. The molecule has 1 N–H and O–H groups in total. The van der Waals surface area contributed by atoms with Gasteiger partial charge in [0.2, 0.25) is 5.91 Å². The first-order chi connectivity index (χ1) is 14.4. The highest BCUT2D eigenvalue weighted by atomic mass is 19.4. The molecule has 1 aliphatic rings. The molecular weight excluding hydrogens is 397 g/mol. The van der Waals surface area contributed by atoms with Crippen LogP contribution in [0.1, 0.15) is 18.4 Å². The maximum atomic E-state index is 12.7. The molecule has 1 aromatic carbocycles. The first kappa shape index (κ1) is 19.9. The number of nitrogens with one attached hydrogen (secondary N) is 1. The molecule has 2 aromatic heterocycles. The molecule has 9 heteroatoms. The van der Waals surface area contributed by atoms with Crippen LogP contribution in [0.15, 0.2) is 59.2 Å². The average molecular weight is 416 g/mol. The Morgan fingerprint density at radius 1 is 1.10 bits per heavy atom. The Morgan fingerprint density at radius 2 is 1.90 bits per heavy atom. The third kappa shape index (κ3) is 4.45. The summed E-state index contributed by atoms with van der Waals surface area (Å²) in [5.74, 6) is 0.769. The molecule has 6 nitrogen and oxygen atoms in total. The highest BCUT2D eigenvalue weighted by molar-refractivity contribution is 5.93. The Morgan fingerprint density at radius 3 is 2.53 bits per heavy atom. The van der Waals surface area contributed by atoms with Crippen LogP contribution in [-0.2, 0) is 11.0 Å². The fraction of sp³-hybridized carbons (Fsp3) is 0.286. The van der Waals surface area contributed by atoms with E-state index in [9.17, 15) is 18.0 Å². The van der Waals surface area contributed by atoms with Gasteiger partial charge >= 0.3 is 6.18 Å². The number of amides is 1. The van der Waals surface area contributed by atoms with Crippen LogP contribution in [0, 0.1) is 5.92 Å². The zero-order valence-corrected chi connectivity index (χ0v) is 15.9. The van der Waals surface area contributed by atoms with Gasteiger partial charge in [-0.1, -0.05) is 0 Å². The smallest absolute Gasteiger partial charge is 0.416 e. The molecule has 3 heterocycles. The number of benzene rings is 1. The molecule has 1 amide bonds. The van der Waals surface area contributed by atoms with Crippen LogP contribution in [0.3, 0.4) is 0 Å². The summed E-state index contributed by atoms with van der Waals surface area (Å²) < 4.78 is 43.3. The van der Waals surface area contributed by atoms with E-state index in [0.717, 1.165) is 25.1 Å². The van der Waals surface area contributed by atoms with Gasteiger partial charge in [0.25, 0.3) is 0 Å². The van der Waals surface area contributed by atoms with E-state index in [0.29, 0.717) is 35.9 Å². The lowest BCUT2D eigenvalue weighted by Crippen LogP contribution is -2.41. The first-order valence-corrected chi connectivity index (χ1v) is 9.51. The quantitative estimate of drug-likeness (QED) is 0.673. The summed E-state index contributed by atoms with van der Waals surface area (Å²) in [6.45, 7) is 1.21. The number of furan rings is 1. The van der Waals surface area contributed by atoms with Crippen LogP contribution >= 0.6 is 0 Å². The van der Waals surface area contributed by atoms with Gasteiger partial charge in [-0.2, -0.15) is 13.2 Å². The molecule has 1 aliphatic heterocycles. The Kier molecular flexibility index (Phi) is 5.43. The Balaban J connectivity index is 1.39. The molecule has 0 spiro atoms. The normalized spacial score (nSPS) is 17.0. The van der Waals surface area contributed by atoms with Crippen molar-refractivity contribution < 1.29 is 22.4 Å². The predicted octanol–water partition coefficient (Wildman–Crippen LogP) is 4.61. The molecular formula is C21H19F3N4O2. The molecule has 1 unspecified atom stereocenters. The van der Waals surface area contributed by atoms with Gasteiger partial charge in [0.1, 0.15) is 5.69 Å². The minimum Gasteiger partial charge on any atom is -0.463 e. The highest BCUT2D eigenvalue weighted by Gasteiger charge is 2.30. The molecule has 30 heavy (non-hydrogen) atoms. The molecule has 0 radical (unpaired) electrons. The Labute approximate surface area is 170 Å². The maximum absolute atomic E-state index is 12.7. The number of carbonyl (C=O) groups excluding carboxylic acids is 1. The van der Waals surface area contributed by atoms with Crippen LogP contribution in [0.2, 0.25) is 0 Å². The molecule has 156 valence electrons. The van der Waals surface area contributed by atoms with Gasteiger partial charge < -0.3 is 14.6 Å². The second-order valence-electron chi connectivity index (χ2n) is 7.10. The number of anilines is 2. The van der Waals surface area contributed by atoms with Gasteiger partial charge in [0, 0.05) is 18.8 Å². The van der Waals surface area contributed by atoms with E-state index in [1.54, 1.807) is 18.4 Å². The standard InChI is InChI=1S/C21H19F3N4O2/c22-21(23,24)15-5-7-16(8-6-15)25-20(29)14-3-1-11-28(13-14)19-10-9-17(26-27-19)18-4-2-12-30-18/h2,4-10,12,14H,1,3,11,13H2,(H,25,29). The van der Waals surface area contributed by atoms with Crippen molar-refractivity contribution in [1.82, 2.24) is 10.2 Å². The molecule has 0 saturated carbocycles. The number of halogens is 3. The van der Waals surface area contributed by atoms with E-state index in [1.807, 2.05) is 17.0 Å². The van der Waals surface area contributed by atoms with Crippen LogP contribution in [-0.4, -0.2) is 29.2 Å². The summed E-state index contributed by atoms with van der Waals surface area (Å²) in [6, 6.07) is 11.7. The predicted molar refractivity (Wildman–Crippen MR) is 105 cm³/mol. The lowest BCUT2D eigenvalue weighted by Gasteiger charge is -2.32. The second kappa shape index (κ2) is 8.17. The third-order valence-electron chi connectivity index (χ3n) is 5.02. The van der Waals surface area contributed by atoms with Crippen molar-refractivity contribution >= 4 is 17.4 Å². The number of hydrogen-bond donors (Lipinski definition) is 1. The summed E-state index contributed by atoms with van der Waals surface area (Å²) in [6.07, 6.45) is -1.34. The summed E-state index contributed by atoms with van der Waals surface area (Å²) >= 11 is 0. The van der Waals surface area contributed by atoms with Crippen molar-refractivity contribution in [2.45, 2.75) is 19.0 Å². The van der Waals surface area contributed by atoms with Crippen molar-refractivity contribution in [2.24, 2.45) is 5.92 Å². The van der Waals surface area contributed by atoms with Crippen LogP contribution in [0.25, 0.3) is 11.5 Å². The van der Waals surface area contributed by atoms with E-state index < -0.39 is 11.7 Å². The first-order valence-electron chi connectivity index (χ1n) is 9.51. The fourth-order valence-electron chi connectivity index (χ4n) is 3.44. The number of rotatable bonds is 4. The van der Waals surface area contributed by atoms with Gasteiger partial charge in [-0.25, -0.2) is 0 Å². The number of alkyl halides is 3. The van der Waals surface area contributed by atoms with E-state index >= 15 is 0 Å². The number of aromatic nitrogens is 2. The van der Waals surface area contributed by atoms with E-state index in [2.05, 4.69) is 15.5 Å². The number of carbonyl (C=O) groups is 1. The van der Waals surface area contributed by atoms with Crippen molar-refractivity contribution in [2.75, 3.05) is 23.3 Å². The van der Waals surface area contributed by atoms with E-state index in [4.69, 9.17) is 4.42 Å². The largest absolute Gasteiger partial charge is 0.463 e. The summed E-state index contributed by atoms with van der Waals surface area (Å²) in [4.78, 5) is 14.6. The average Bonchev–Trinajstić information content (AvgIpc) is 3.29. The van der Waals surface area contributed by atoms with Gasteiger partial charge in [0.15, 0.2) is 11.6 Å². The Hall–Kier alpha value is -3.36. The topological polar surface area (TPSA) is 71.3 Å². The van der Waals surface area contributed by atoms with Crippen molar-refractivity contribution in [3.63, 3.8) is 0 Å². The van der Waals surface area contributed by atoms with Crippen LogP contribution in [0.4, 0.5) is 24.7 Å². The summed E-state index contributed by atoms with van der Waals surface area (Å²) in [5.41, 5.74) is 0.214. The zero-order valence-electron chi connectivity index (χ0n) is 15.9. The summed E-state index contributed by atoms with van der Waals surface area (Å²) in [7, 11) is 0. The molecule has 0 aliphatic carbocycles. The third-order valence-corrected chi connectivity index (χ3v) is 5.02. The lowest BCUT2D eigenvalue weighted by molar-refractivity contribution is -0.137. The molecule has 1 atom stereocenters. The number of hydrogen-bond acceptors (Lipinski definition) is 5. The van der Waals surface area contributed by atoms with Gasteiger partial charge in [-0.3, -0.25) is 4.79 Å².